The lowest BCUT2D eigenvalue weighted by molar-refractivity contribution is -0.140. The predicted octanol–water partition coefficient (Wildman–Crippen LogP) is 0.731. The fourth-order valence-electron chi connectivity index (χ4n) is 2.32. The van der Waals surface area contributed by atoms with Crippen molar-refractivity contribution in [2.45, 2.75) is 12.5 Å². The van der Waals surface area contributed by atoms with Crippen LogP contribution in [0.5, 0.6) is 0 Å². The van der Waals surface area contributed by atoms with Crippen molar-refractivity contribution < 1.29 is 14.7 Å². The summed E-state index contributed by atoms with van der Waals surface area (Å²) in [7, 11) is 0. The number of carboxylic acids is 1. The summed E-state index contributed by atoms with van der Waals surface area (Å²) in [5.41, 5.74) is 0.857. The number of nitrogens with one attached hydrogen (secondary N) is 2. The van der Waals surface area contributed by atoms with Gasteiger partial charge in [0, 0.05) is 0 Å². The van der Waals surface area contributed by atoms with E-state index >= 15 is 0 Å². The zero-order valence-electron chi connectivity index (χ0n) is 11.1. The SMILES string of the molecule is O=C(O)[C@@H]1C[C@H]1C(=O)NC(c1ccccc1)c1ncn[nH]1. The van der Waals surface area contributed by atoms with E-state index in [4.69, 9.17) is 5.11 Å². The second-order valence-electron chi connectivity index (χ2n) is 5.01. The molecule has 7 nitrogen and oxygen atoms in total. The Bertz CT molecular complexity index is 642. The molecule has 3 N–H and O–H groups in total. The molecule has 0 radical (unpaired) electrons. The van der Waals surface area contributed by atoms with E-state index in [-0.39, 0.29) is 5.91 Å². The van der Waals surface area contributed by atoms with Crippen molar-refractivity contribution in [2.75, 3.05) is 0 Å². The molecule has 1 unspecified atom stereocenters. The number of benzene rings is 1. The zero-order chi connectivity index (χ0) is 14.8. The number of rotatable bonds is 5. The summed E-state index contributed by atoms with van der Waals surface area (Å²) in [6, 6.07) is 8.88. The van der Waals surface area contributed by atoms with Gasteiger partial charge in [-0.2, -0.15) is 5.10 Å². The average Bonchev–Trinajstić information content (AvgIpc) is 3.13. The fraction of sp³-hybridized carbons (Fsp3) is 0.286. The van der Waals surface area contributed by atoms with Crippen LogP contribution >= 0.6 is 0 Å². The fourth-order valence-corrected chi connectivity index (χ4v) is 2.32. The molecule has 3 atom stereocenters. The summed E-state index contributed by atoms with van der Waals surface area (Å²) in [6.45, 7) is 0. The van der Waals surface area contributed by atoms with Gasteiger partial charge in [-0.15, -0.1) is 0 Å². The molecule has 0 saturated heterocycles. The van der Waals surface area contributed by atoms with Crippen LogP contribution in [-0.2, 0) is 9.59 Å². The number of H-pyrrole nitrogens is 1. The number of carbonyl (C=O) groups excluding carboxylic acids is 1. The molecule has 1 aliphatic carbocycles. The van der Waals surface area contributed by atoms with Gasteiger partial charge in [-0.1, -0.05) is 30.3 Å². The van der Waals surface area contributed by atoms with Gasteiger partial charge in [0.2, 0.25) is 5.91 Å². The van der Waals surface area contributed by atoms with E-state index in [1.54, 1.807) is 0 Å². The molecule has 21 heavy (non-hydrogen) atoms. The third-order valence-corrected chi connectivity index (χ3v) is 3.57. The van der Waals surface area contributed by atoms with Crippen LogP contribution in [-0.4, -0.2) is 32.2 Å². The maximum absolute atomic E-state index is 12.2. The lowest BCUT2D eigenvalue weighted by Gasteiger charge is -2.16. The van der Waals surface area contributed by atoms with Crippen molar-refractivity contribution in [3.63, 3.8) is 0 Å². The molecule has 2 aromatic rings. The van der Waals surface area contributed by atoms with Gasteiger partial charge in [-0.3, -0.25) is 14.7 Å². The molecule has 108 valence electrons. The highest BCUT2D eigenvalue weighted by Gasteiger charge is 2.48. The average molecular weight is 286 g/mol. The number of aromatic amines is 1. The van der Waals surface area contributed by atoms with E-state index < -0.39 is 23.8 Å². The Kier molecular flexibility index (Phi) is 3.39. The summed E-state index contributed by atoms with van der Waals surface area (Å²) in [6.07, 6.45) is 1.76. The maximum Gasteiger partial charge on any atom is 0.307 e. The predicted molar refractivity (Wildman–Crippen MR) is 72.0 cm³/mol. The van der Waals surface area contributed by atoms with E-state index in [0.717, 1.165) is 5.56 Å². The van der Waals surface area contributed by atoms with E-state index in [1.165, 1.54) is 6.33 Å². The molecule has 1 heterocycles. The lowest BCUT2D eigenvalue weighted by Crippen LogP contribution is -2.32. The summed E-state index contributed by atoms with van der Waals surface area (Å²) < 4.78 is 0. The quantitative estimate of drug-likeness (QED) is 0.751. The Labute approximate surface area is 120 Å². The molecule has 1 aromatic heterocycles. The van der Waals surface area contributed by atoms with Crippen LogP contribution in [0, 0.1) is 11.8 Å². The summed E-state index contributed by atoms with van der Waals surface area (Å²) in [5, 5.41) is 18.3. The van der Waals surface area contributed by atoms with Gasteiger partial charge in [0.25, 0.3) is 0 Å². The first-order valence-electron chi connectivity index (χ1n) is 6.60. The molecular formula is C14H14N4O3. The van der Waals surface area contributed by atoms with Crippen LogP contribution in [0.1, 0.15) is 23.9 Å². The van der Waals surface area contributed by atoms with Crippen LogP contribution in [0.15, 0.2) is 36.7 Å². The Morgan fingerprint density at radius 3 is 2.62 bits per heavy atom. The van der Waals surface area contributed by atoms with Crippen LogP contribution < -0.4 is 5.32 Å². The molecule has 0 aliphatic heterocycles. The number of hydrogen-bond acceptors (Lipinski definition) is 4. The standard InChI is InChI=1S/C14H14N4O3/c19-13(9-6-10(9)14(20)21)17-11(12-15-7-16-18-12)8-4-2-1-3-5-8/h1-5,7,9-11H,6H2,(H,17,19)(H,20,21)(H,15,16,18)/t9-,10-,11?/m1/s1. The largest absolute Gasteiger partial charge is 0.481 e. The number of carbonyl (C=O) groups is 2. The van der Waals surface area contributed by atoms with Gasteiger partial charge in [-0.05, 0) is 12.0 Å². The van der Waals surface area contributed by atoms with Crippen molar-refractivity contribution in [3.8, 4) is 0 Å². The van der Waals surface area contributed by atoms with Crippen LogP contribution in [0.2, 0.25) is 0 Å². The Morgan fingerprint density at radius 2 is 2.05 bits per heavy atom. The molecule has 1 aliphatic rings. The molecule has 0 bridgehead atoms. The summed E-state index contributed by atoms with van der Waals surface area (Å²) in [4.78, 5) is 27.1. The number of hydrogen-bond donors (Lipinski definition) is 3. The highest BCUT2D eigenvalue weighted by atomic mass is 16.4. The second kappa shape index (κ2) is 5.35. The second-order valence-corrected chi connectivity index (χ2v) is 5.01. The minimum Gasteiger partial charge on any atom is -0.481 e. The summed E-state index contributed by atoms with van der Waals surface area (Å²) >= 11 is 0. The van der Waals surface area contributed by atoms with Crippen molar-refractivity contribution in [1.29, 1.82) is 0 Å². The van der Waals surface area contributed by atoms with Crippen LogP contribution in [0.3, 0.4) is 0 Å². The smallest absolute Gasteiger partial charge is 0.307 e. The van der Waals surface area contributed by atoms with Gasteiger partial charge in [-0.25, -0.2) is 4.98 Å². The molecule has 1 amide bonds. The van der Waals surface area contributed by atoms with Crippen LogP contribution in [0.25, 0.3) is 0 Å². The molecule has 3 rings (SSSR count). The van der Waals surface area contributed by atoms with Gasteiger partial charge in [0.05, 0.1) is 11.8 Å². The Balaban J connectivity index is 1.78. The van der Waals surface area contributed by atoms with Gasteiger partial charge in [0.15, 0.2) is 5.82 Å². The summed E-state index contributed by atoms with van der Waals surface area (Å²) in [5.74, 6) is -1.71. The highest BCUT2D eigenvalue weighted by Crippen LogP contribution is 2.39. The van der Waals surface area contributed by atoms with Gasteiger partial charge >= 0.3 is 5.97 Å². The molecule has 1 aromatic carbocycles. The third kappa shape index (κ3) is 2.76. The number of aromatic nitrogens is 3. The van der Waals surface area contributed by atoms with Crippen molar-refractivity contribution in [1.82, 2.24) is 20.5 Å². The first-order valence-corrected chi connectivity index (χ1v) is 6.60. The normalized spacial score (nSPS) is 21.5. The Hall–Kier alpha value is -2.70. The molecule has 0 spiro atoms. The molecular weight excluding hydrogens is 272 g/mol. The van der Waals surface area contributed by atoms with Crippen molar-refractivity contribution >= 4 is 11.9 Å². The first kappa shape index (κ1) is 13.3. The lowest BCUT2D eigenvalue weighted by atomic mass is 10.1. The zero-order valence-corrected chi connectivity index (χ0v) is 11.1. The maximum atomic E-state index is 12.2. The van der Waals surface area contributed by atoms with Crippen LogP contribution in [0.4, 0.5) is 0 Å². The minimum absolute atomic E-state index is 0.271. The molecule has 1 saturated carbocycles. The van der Waals surface area contributed by atoms with E-state index in [0.29, 0.717) is 12.2 Å². The number of aliphatic carboxylic acids is 1. The number of carboxylic acid groups (broad SMARTS) is 1. The topological polar surface area (TPSA) is 108 Å². The van der Waals surface area contributed by atoms with Gasteiger partial charge < -0.3 is 10.4 Å². The molecule has 7 heteroatoms. The third-order valence-electron chi connectivity index (χ3n) is 3.57. The van der Waals surface area contributed by atoms with E-state index in [2.05, 4.69) is 20.5 Å². The van der Waals surface area contributed by atoms with Crippen molar-refractivity contribution in [3.05, 3.63) is 48.0 Å². The highest BCUT2D eigenvalue weighted by molar-refractivity contribution is 5.89. The number of amides is 1. The van der Waals surface area contributed by atoms with Crippen molar-refractivity contribution in [2.24, 2.45) is 11.8 Å². The Morgan fingerprint density at radius 1 is 1.29 bits per heavy atom. The number of nitrogens with zero attached hydrogens (tertiary/aromatic N) is 2. The minimum atomic E-state index is -0.925. The van der Waals surface area contributed by atoms with Gasteiger partial charge in [0.1, 0.15) is 12.4 Å². The van der Waals surface area contributed by atoms with E-state index in [9.17, 15) is 9.59 Å². The molecule has 1 fully saturated rings. The monoisotopic (exact) mass is 286 g/mol. The van der Waals surface area contributed by atoms with E-state index in [1.807, 2.05) is 30.3 Å². The first-order chi connectivity index (χ1) is 10.2.